The van der Waals surface area contributed by atoms with Gasteiger partial charge in [-0.1, -0.05) is 12.1 Å². The van der Waals surface area contributed by atoms with Crippen molar-refractivity contribution in [1.29, 1.82) is 5.26 Å². The number of furan rings is 1. The highest BCUT2D eigenvalue weighted by Gasteiger charge is 2.21. The van der Waals surface area contributed by atoms with E-state index in [9.17, 15) is 14.4 Å². The number of aryl methyl sites for hydroxylation is 1. The number of carbonyl (C=O) groups excluding carboxylic acids is 1. The van der Waals surface area contributed by atoms with E-state index >= 15 is 0 Å². The number of carbonyl (C=O) groups is 1. The third kappa shape index (κ3) is 3.02. The van der Waals surface area contributed by atoms with Crippen LogP contribution >= 0.6 is 0 Å². The van der Waals surface area contributed by atoms with Crippen LogP contribution in [0.4, 0.5) is 4.39 Å². The van der Waals surface area contributed by atoms with Crippen LogP contribution in [-0.4, -0.2) is 10.4 Å². The van der Waals surface area contributed by atoms with Crippen LogP contribution in [0.1, 0.15) is 27.5 Å². The van der Waals surface area contributed by atoms with Gasteiger partial charge in [0.05, 0.1) is 12.0 Å². The molecule has 0 aliphatic heterocycles. The lowest BCUT2D eigenvalue weighted by molar-refractivity contribution is 0.103. The number of aromatic nitrogens is 1. The number of ketones is 1. The second-order valence-corrected chi connectivity index (χ2v) is 5.59. The Kier molecular flexibility index (Phi) is 4.36. The number of hydrogen-bond donors (Lipinski definition) is 0. The van der Waals surface area contributed by atoms with Gasteiger partial charge in [0.25, 0.3) is 0 Å². The van der Waals surface area contributed by atoms with E-state index in [0.29, 0.717) is 28.4 Å². The van der Waals surface area contributed by atoms with Crippen molar-refractivity contribution in [3.05, 3.63) is 82.8 Å². The second-order valence-electron chi connectivity index (χ2n) is 5.59. The van der Waals surface area contributed by atoms with Crippen molar-refractivity contribution >= 4 is 11.9 Å². The zero-order chi connectivity index (χ0) is 18.0. The minimum atomic E-state index is -0.422. The molecule has 0 N–H and O–H groups in total. The molecule has 0 bridgehead atoms. The van der Waals surface area contributed by atoms with E-state index in [-0.39, 0.29) is 11.4 Å². The summed E-state index contributed by atoms with van der Waals surface area (Å²) in [5.74, 6) is -0.377. The lowest BCUT2D eigenvalue weighted by Gasteiger charge is -2.10. The largest absolute Gasteiger partial charge is 0.465 e. The standard InChI is InChI=1S/C20H15FN2O2/c1-13-10-17(14(2)23(13)19-8-4-3-7-18(19)21)20(24)15(12-22)11-16-6-5-9-25-16/h3-11H,1-2H3/b15-11-. The number of nitriles is 1. The molecule has 0 aliphatic rings. The Morgan fingerprint density at radius 2 is 2.00 bits per heavy atom. The average Bonchev–Trinajstić information content (AvgIpc) is 3.21. The van der Waals surface area contributed by atoms with Crippen LogP contribution in [-0.2, 0) is 0 Å². The van der Waals surface area contributed by atoms with E-state index in [2.05, 4.69) is 0 Å². The molecule has 0 radical (unpaired) electrons. The first-order valence-electron chi connectivity index (χ1n) is 7.66. The summed E-state index contributed by atoms with van der Waals surface area (Å²) in [6, 6.07) is 13.3. The number of hydrogen-bond acceptors (Lipinski definition) is 3. The molecule has 2 heterocycles. The van der Waals surface area contributed by atoms with E-state index < -0.39 is 5.78 Å². The molecule has 0 amide bonds. The molecule has 0 saturated carbocycles. The number of allylic oxidation sites excluding steroid dienone is 1. The molecule has 0 aliphatic carbocycles. The third-order valence-corrected chi connectivity index (χ3v) is 3.96. The van der Waals surface area contributed by atoms with Crippen molar-refractivity contribution in [2.45, 2.75) is 13.8 Å². The van der Waals surface area contributed by atoms with E-state index in [1.807, 2.05) is 6.07 Å². The maximum absolute atomic E-state index is 14.1. The van der Waals surface area contributed by atoms with Crippen LogP contribution in [0.25, 0.3) is 11.8 Å². The van der Waals surface area contributed by atoms with Crippen molar-refractivity contribution in [1.82, 2.24) is 4.57 Å². The minimum Gasteiger partial charge on any atom is -0.465 e. The Morgan fingerprint density at radius 3 is 2.64 bits per heavy atom. The van der Waals surface area contributed by atoms with Crippen LogP contribution in [0.15, 0.2) is 58.7 Å². The first-order chi connectivity index (χ1) is 12.0. The Bertz CT molecular complexity index is 1000. The molecule has 2 aromatic heterocycles. The number of para-hydroxylation sites is 1. The average molecular weight is 334 g/mol. The predicted octanol–water partition coefficient (Wildman–Crippen LogP) is 4.62. The van der Waals surface area contributed by atoms with Gasteiger partial charge in [0.1, 0.15) is 23.2 Å². The van der Waals surface area contributed by atoms with E-state index in [1.165, 1.54) is 18.4 Å². The SMILES string of the molecule is Cc1cc(C(=O)/C(C#N)=C\c2ccco2)c(C)n1-c1ccccc1F. The number of rotatable bonds is 4. The molecule has 3 aromatic rings. The Hall–Kier alpha value is -3.39. The molecule has 0 fully saturated rings. The van der Waals surface area contributed by atoms with Crippen LogP contribution in [0.3, 0.4) is 0 Å². The summed E-state index contributed by atoms with van der Waals surface area (Å²) in [4.78, 5) is 12.8. The van der Waals surface area contributed by atoms with Crippen molar-refractivity contribution in [3.8, 4) is 11.8 Å². The van der Waals surface area contributed by atoms with Gasteiger partial charge in [-0.15, -0.1) is 0 Å². The highest BCUT2D eigenvalue weighted by molar-refractivity contribution is 6.14. The van der Waals surface area contributed by atoms with Gasteiger partial charge in [-0.3, -0.25) is 4.79 Å². The molecule has 3 rings (SSSR count). The monoisotopic (exact) mass is 334 g/mol. The summed E-state index contributed by atoms with van der Waals surface area (Å²) < 4.78 is 21.0. The first-order valence-corrected chi connectivity index (χ1v) is 7.66. The zero-order valence-corrected chi connectivity index (χ0v) is 13.8. The van der Waals surface area contributed by atoms with E-state index in [4.69, 9.17) is 4.42 Å². The number of benzene rings is 1. The first kappa shape index (κ1) is 16.5. The predicted molar refractivity (Wildman–Crippen MR) is 91.8 cm³/mol. The molecule has 0 atom stereocenters. The van der Waals surface area contributed by atoms with Crippen LogP contribution in [0.5, 0.6) is 0 Å². The van der Waals surface area contributed by atoms with Gasteiger partial charge in [0.15, 0.2) is 0 Å². The quantitative estimate of drug-likeness (QED) is 0.397. The summed E-state index contributed by atoms with van der Waals surface area (Å²) in [6.07, 6.45) is 2.87. The highest BCUT2D eigenvalue weighted by atomic mass is 19.1. The second kappa shape index (κ2) is 6.62. The fourth-order valence-corrected chi connectivity index (χ4v) is 2.81. The molecule has 0 unspecified atom stereocenters. The van der Waals surface area contributed by atoms with Gasteiger partial charge < -0.3 is 8.98 Å². The van der Waals surface area contributed by atoms with Crippen molar-refractivity contribution < 1.29 is 13.6 Å². The van der Waals surface area contributed by atoms with Crippen molar-refractivity contribution in [2.24, 2.45) is 0 Å². The van der Waals surface area contributed by atoms with Gasteiger partial charge in [0, 0.05) is 23.0 Å². The van der Waals surface area contributed by atoms with Gasteiger partial charge >= 0.3 is 0 Å². The fraction of sp³-hybridized carbons (Fsp3) is 0.100. The Labute approximate surface area is 144 Å². The maximum atomic E-state index is 14.1. The van der Waals surface area contributed by atoms with Crippen molar-refractivity contribution in [2.75, 3.05) is 0 Å². The summed E-state index contributed by atoms with van der Waals surface area (Å²) >= 11 is 0. The lowest BCUT2D eigenvalue weighted by Crippen LogP contribution is -2.06. The summed E-state index contributed by atoms with van der Waals surface area (Å²) in [7, 11) is 0. The lowest BCUT2D eigenvalue weighted by atomic mass is 10.0. The van der Waals surface area contributed by atoms with Gasteiger partial charge in [-0.2, -0.15) is 5.26 Å². The molecule has 5 heteroatoms. The van der Waals surface area contributed by atoms with Crippen LogP contribution in [0, 0.1) is 31.0 Å². The number of Topliss-reactive ketones (excluding diaryl/α,β-unsaturated/α-hetero) is 1. The molecule has 1 aromatic carbocycles. The van der Waals surface area contributed by atoms with Gasteiger partial charge in [-0.25, -0.2) is 4.39 Å². The molecule has 25 heavy (non-hydrogen) atoms. The smallest absolute Gasteiger partial charge is 0.205 e. The number of halogens is 1. The van der Waals surface area contributed by atoms with Gasteiger partial charge in [-0.05, 0) is 44.2 Å². The highest BCUT2D eigenvalue weighted by Crippen LogP contribution is 2.25. The minimum absolute atomic E-state index is 0.0382. The molecular formula is C20H15FN2O2. The molecule has 4 nitrogen and oxygen atoms in total. The zero-order valence-electron chi connectivity index (χ0n) is 13.8. The molecule has 0 spiro atoms. The molecule has 124 valence electrons. The summed E-state index contributed by atoms with van der Waals surface area (Å²) in [6.45, 7) is 3.52. The summed E-state index contributed by atoms with van der Waals surface area (Å²) in [5, 5.41) is 9.34. The van der Waals surface area contributed by atoms with Crippen LogP contribution in [0.2, 0.25) is 0 Å². The Morgan fingerprint density at radius 1 is 1.24 bits per heavy atom. The fourth-order valence-electron chi connectivity index (χ4n) is 2.81. The van der Waals surface area contributed by atoms with Crippen LogP contribution < -0.4 is 0 Å². The summed E-state index contributed by atoms with van der Waals surface area (Å²) in [5.41, 5.74) is 1.98. The number of nitrogens with zero attached hydrogens (tertiary/aromatic N) is 2. The third-order valence-electron chi connectivity index (χ3n) is 3.96. The molecular weight excluding hydrogens is 319 g/mol. The Balaban J connectivity index is 2.08. The van der Waals surface area contributed by atoms with E-state index in [1.54, 1.807) is 54.8 Å². The topological polar surface area (TPSA) is 58.9 Å². The van der Waals surface area contributed by atoms with Gasteiger partial charge in [0.2, 0.25) is 5.78 Å². The van der Waals surface area contributed by atoms with Crippen molar-refractivity contribution in [3.63, 3.8) is 0 Å². The normalized spacial score (nSPS) is 11.4. The maximum Gasteiger partial charge on any atom is 0.205 e. The van der Waals surface area contributed by atoms with E-state index in [0.717, 1.165) is 0 Å². The molecule has 0 saturated heterocycles.